The van der Waals surface area contributed by atoms with Crippen LogP contribution in [0.2, 0.25) is 0 Å². The van der Waals surface area contributed by atoms with Gasteiger partial charge in [0.05, 0.1) is 7.11 Å². The third-order valence-corrected chi connectivity index (χ3v) is 3.06. The van der Waals surface area contributed by atoms with Gasteiger partial charge in [0.2, 0.25) is 5.88 Å². The fourth-order valence-corrected chi connectivity index (χ4v) is 2.08. The van der Waals surface area contributed by atoms with E-state index < -0.39 is 0 Å². The molecule has 4 heteroatoms. The van der Waals surface area contributed by atoms with Crippen LogP contribution in [0.1, 0.15) is 18.9 Å². The summed E-state index contributed by atoms with van der Waals surface area (Å²) in [6.45, 7) is 3.66. The molecule has 0 atom stereocenters. The van der Waals surface area contributed by atoms with E-state index in [1.165, 1.54) is 6.07 Å². The minimum atomic E-state index is -0.219. The first-order valence-electron chi connectivity index (χ1n) is 6.74. The van der Waals surface area contributed by atoms with E-state index in [4.69, 9.17) is 4.74 Å². The third kappa shape index (κ3) is 3.54. The zero-order chi connectivity index (χ0) is 14.4. The molecule has 0 saturated heterocycles. The second kappa shape index (κ2) is 7.01. The van der Waals surface area contributed by atoms with Crippen LogP contribution in [0.4, 0.5) is 4.39 Å². The maximum atomic E-state index is 13.5. The summed E-state index contributed by atoms with van der Waals surface area (Å²) in [6, 6.07) is 8.61. The number of hydrogen-bond donors (Lipinski definition) is 1. The molecule has 106 valence electrons. The number of rotatable bonds is 6. The molecule has 3 nitrogen and oxygen atoms in total. The molecule has 0 aliphatic heterocycles. The maximum Gasteiger partial charge on any atom is 0.213 e. The van der Waals surface area contributed by atoms with Gasteiger partial charge in [-0.05, 0) is 47.9 Å². The van der Waals surface area contributed by atoms with Crippen LogP contribution < -0.4 is 10.1 Å². The summed E-state index contributed by atoms with van der Waals surface area (Å²) in [5.74, 6) is 0.336. The Kier molecular flexibility index (Phi) is 5.07. The second-order valence-electron chi connectivity index (χ2n) is 4.57. The van der Waals surface area contributed by atoms with E-state index in [1.807, 2.05) is 12.1 Å². The van der Waals surface area contributed by atoms with Gasteiger partial charge in [0.1, 0.15) is 5.82 Å². The van der Waals surface area contributed by atoms with Crippen molar-refractivity contribution in [2.75, 3.05) is 13.7 Å². The average Bonchev–Trinajstić information content (AvgIpc) is 2.48. The average molecular weight is 274 g/mol. The lowest BCUT2D eigenvalue weighted by molar-refractivity contribution is 0.398. The van der Waals surface area contributed by atoms with Crippen molar-refractivity contribution >= 4 is 0 Å². The van der Waals surface area contributed by atoms with Crippen molar-refractivity contribution in [2.45, 2.75) is 19.9 Å². The molecule has 0 aliphatic rings. The van der Waals surface area contributed by atoms with E-state index in [-0.39, 0.29) is 5.82 Å². The highest BCUT2D eigenvalue weighted by molar-refractivity contribution is 5.68. The van der Waals surface area contributed by atoms with E-state index in [0.717, 1.165) is 29.7 Å². The molecular formula is C16H19FN2O. The second-order valence-corrected chi connectivity index (χ2v) is 4.57. The smallest absolute Gasteiger partial charge is 0.213 e. The summed E-state index contributed by atoms with van der Waals surface area (Å²) < 4.78 is 18.6. The van der Waals surface area contributed by atoms with E-state index in [9.17, 15) is 4.39 Å². The first kappa shape index (κ1) is 14.5. The largest absolute Gasteiger partial charge is 0.481 e. The van der Waals surface area contributed by atoms with Gasteiger partial charge in [0.25, 0.3) is 0 Å². The molecule has 0 aliphatic carbocycles. The van der Waals surface area contributed by atoms with Gasteiger partial charge in [0, 0.05) is 18.8 Å². The van der Waals surface area contributed by atoms with Crippen molar-refractivity contribution in [3.63, 3.8) is 0 Å². The van der Waals surface area contributed by atoms with Crippen LogP contribution in [0.15, 0.2) is 36.5 Å². The predicted molar refractivity (Wildman–Crippen MR) is 78.2 cm³/mol. The summed E-state index contributed by atoms with van der Waals surface area (Å²) in [7, 11) is 1.58. The molecule has 1 aromatic heterocycles. The Bertz CT molecular complexity index is 572. The van der Waals surface area contributed by atoms with Gasteiger partial charge in [-0.1, -0.05) is 13.0 Å². The van der Waals surface area contributed by atoms with Crippen LogP contribution in [0, 0.1) is 5.82 Å². The summed E-state index contributed by atoms with van der Waals surface area (Å²) in [6.07, 6.45) is 2.74. The van der Waals surface area contributed by atoms with Crippen molar-refractivity contribution in [1.82, 2.24) is 10.3 Å². The van der Waals surface area contributed by atoms with Gasteiger partial charge in [-0.25, -0.2) is 9.37 Å². The number of benzene rings is 1. The number of ether oxygens (including phenoxy) is 1. The monoisotopic (exact) mass is 274 g/mol. The van der Waals surface area contributed by atoms with Gasteiger partial charge >= 0.3 is 0 Å². The summed E-state index contributed by atoms with van der Waals surface area (Å²) in [5, 5.41) is 3.30. The lowest BCUT2D eigenvalue weighted by Gasteiger charge is -2.11. The molecule has 0 unspecified atom stereocenters. The highest BCUT2D eigenvalue weighted by Gasteiger charge is 2.08. The van der Waals surface area contributed by atoms with Gasteiger partial charge < -0.3 is 10.1 Å². The number of pyridine rings is 1. The standard InChI is InChI=1S/C16H19FN2O/c1-3-7-18-11-13-9-14(17)4-5-15(13)12-6-8-19-16(10-12)20-2/h4-6,8-10,18H,3,7,11H2,1-2H3. The number of halogens is 1. The van der Waals surface area contributed by atoms with E-state index in [1.54, 1.807) is 25.4 Å². The van der Waals surface area contributed by atoms with Crippen LogP contribution in [0.3, 0.4) is 0 Å². The van der Waals surface area contributed by atoms with Crippen molar-refractivity contribution < 1.29 is 9.13 Å². The highest BCUT2D eigenvalue weighted by Crippen LogP contribution is 2.26. The lowest BCUT2D eigenvalue weighted by atomic mass is 10.0. The Morgan fingerprint density at radius 3 is 2.85 bits per heavy atom. The number of aromatic nitrogens is 1. The predicted octanol–water partition coefficient (Wildman–Crippen LogP) is 3.40. The van der Waals surface area contributed by atoms with Crippen LogP contribution in [0.5, 0.6) is 5.88 Å². The van der Waals surface area contributed by atoms with E-state index in [2.05, 4.69) is 17.2 Å². The molecule has 0 spiro atoms. The molecule has 2 aromatic rings. The van der Waals surface area contributed by atoms with Crippen LogP contribution in [-0.4, -0.2) is 18.6 Å². The number of hydrogen-bond acceptors (Lipinski definition) is 3. The summed E-state index contributed by atoms with van der Waals surface area (Å²) in [4.78, 5) is 4.09. The molecule has 0 bridgehead atoms. The fraction of sp³-hybridized carbons (Fsp3) is 0.312. The Balaban J connectivity index is 2.33. The Hall–Kier alpha value is -1.94. The van der Waals surface area contributed by atoms with Gasteiger partial charge in [0.15, 0.2) is 0 Å². The Morgan fingerprint density at radius 2 is 2.10 bits per heavy atom. The first-order chi connectivity index (χ1) is 9.74. The van der Waals surface area contributed by atoms with Gasteiger partial charge in [-0.2, -0.15) is 0 Å². The van der Waals surface area contributed by atoms with Crippen molar-refractivity contribution in [1.29, 1.82) is 0 Å². The molecule has 20 heavy (non-hydrogen) atoms. The molecule has 1 aromatic carbocycles. The van der Waals surface area contributed by atoms with E-state index >= 15 is 0 Å². The van der Waals surface area contributed by atoms with E-state index in [0.29, 0.717) is 12.4 Å². The van der Waals surface area contributed by atoms with Crippen LogP contribution >= 0.6 is 0 Å². The van der Waals surface area contributed by atoms with Gasteiger partial charge in [-0.3, -0.25) is 0 Å². The topological polar surface area (TPSA) is 34.2 Å². The first-order valence-corrected chi connectivity index (χ1v) is 6.74. The maximum absolute atomic E-state index is 13.5. The molecule has 0 radical (unpaired) electrons. The highest BCUT2D eigenvalue weighted by atomic mass is 19.1. The van der Waals surface area contributed by atoms with Crippen molar-refractivity contribution in [3.8, 4) is 17.0 Å². The molecule has 0 amide bonds. The van der Waals surface area contributed by atoms with Gasteiger partial charge in [-0.15, -0.1) is 0 Å². The number of methoxy groups -OCH3 is 1. The molecule has 0 fully saturated rings. The minimum Gasteiger partial charge on any atom is -0.481 e. The Morgan fingerprint density at radius 1 is 1.25 bits per heavy atom. The normalized spacial score (nSPS) is 10.6. The molecule has 1 heterocycles. The van der Waals surface area contributed by atoms with Crippen molar-refractivity contribution in [3.05, 3.63) is 47.9 Å². The SMILES string of the molecule is CCCNCc1cc(F)ccc1-c1ccnc(OC)c1. The lowest BCUT2D eigenvalue weighted by Crippen LogP contribution is -2.14. The fourth-order valence-electron chi connectivity index (χ4n) is 2.08. The molecule has 0 saturated carbocycles. The molecular weight excluding hydrogens is 255 g/mol. The zero-order valence-corrected chi connectivity index (χ0v) is 11.8. The zero-order valence-electron chi connectivity index (χ0n) is 11.8. The molecule has 2 rings (SSSR count). The number of nitrogens with zero attached hydrogens (tertiary/aromatic N) is 1. The number of nitrogens with one attached hydrogen (secondary N) is 1. The quantitative estimate of drug-likeness (QED) is 0.820. The van der Waals surface area contributed by atoms with Crippen LogP contribution in [0.25, 0.3) is 11.1 Å². The summed E-state index contributed by atoms with van der Waals surface area (Å²) in [5.41, 5.74) is 2.91. The minimum absolute atomic E-state index is 0.219. The summed E-state index contributed by atoms with van der Waals surface area (Å²) >= 11 is 0. The van der Waals surface area contributed by atoms with Crippen LogP contribution in [-0.2, 0) is 6.54 Å². The molecule has 1 N–H and O–H groups in total. The third-order valence-electron chi connectivity index (χ3n) is 3.06. The Labute approximate surface area is 118 Å². The van der Waals surface area contributed by atoms with Crippen molar-refractivity contribution in [2.24, 2.45) is 0 Å².